The summed E-state index contributed by atoms with van der Waals surface area (Å²) in [6.45, 7) is 0.629. The highest BCUT2D eigenvalue weighted by Gasteiger charge is 2.39. The van der Waals surface area contributed by atoms with Gasteiger partial charge in [0.25, 0.3) is 0 Å². The molecule has 1 atom stereocenters. The number of nitrogens with zero attached hydrogens (tertiary/aromatic N) is 1. The maximum Gasteiger partial charge on any atom is 0.303 e. The summed E-state index contributed by atoms with van der Waals surface area (Å²) in [5.41, 5.74) is 0. The quantitative estimate of drug-likeness (QED) is 0.659. The van der Waals surface area contributed by atoms with E-state index in [1.807, 2.05) is 4.90 Å². The van der Waals surface area contributed by atoms with Gasteiger partial charge in [-0.15, -0.1) is 0 Å². The van der Waals surface area contributed by atoms with Crippen LogP contribution in [0.5, 0.6) is 0 Å². The first-order valence-corrected chi connectivity index (χ1v) is 6.87. The lowest BCUT2D eigenvalue weighted by Gasteiger charge is -2.16. The molecule has 0 aromatic heterocycles. The highest BCUT2D eigenvalue weighted by Crippen LogP contribution is 2.30. The monoisotopic (exact) mass is 268 g/mol. The number of rotatable bonds is 7. The molecule has 0 radical (unpaired) electrons. The Labute approximate surface area is 112 Å². The fourth-order valence-electron chi connectivity index (χ4n) is 2.43. The van der Waals surface area contributed by atoms with Crippen molar-refractivity contribution in [2.45, 2.75) is 57.0 Å². The van der Waals surface area contributed by atoms with E-state index in [1.54, 1.807) is 0 Å². The molecule has 0 bridgehead atoms. The maximum atomic E-state index is 11.7. The molecular formula is C13H20N2O4. The molecule has 0 aromatic carbocycles. The van der Waals surface area contributed by atoms with Gasteiger partial charge in [-0.1, -0.05) is 0 Å². The van der Waals surface area contributed by atoms with E-state index < -0.39 is 5.97 Å². The van der Waals surface area contributed by atoms with Gasteiger partial charge in [-0.3, -0.25) is 14.4 Å². The lowest BCUT2D eigenvalue weighted by molar-refractivity contribution is -0.137. The molecule has 2 N–H and O–H groups in total. The Balaban J connectivity index is 1.63. The summed E-state index contributed by atoms with van der Waals surface area (Å²) in [5, 5.41) is 11.3. The molecule has 1 unspecified atom stereocenters. The van der Waals surface area contributed by atoms with Crippen molar-refractivity contribution < 1.29 is 19.5 Å². The second kappa shape index (κ2) is 6.04. The van der Waals surface area contributed by atoms with Crippen molar-refractivity contribution in [3.05, 3.63) is 0 Å². The van der Waals surface area contributed by atoms with Crippen molar-refractivity contribution in [3.8, 4) is 0 Å². The number of hydrogen-bond donors (Lipinski definition) is 2. The summed E-state index contributed by atoms with van der Waals surface area (Å²) < 4.78 is 0. The van der Waals surface area contributed by atoms with Crippen LogP contribution in [0.3, 0.4) is 0 Å². The molecule has 1 heterocycles. The zero-order chi connectivity index (χ0) is 13.8. The number of carboxylic acid groups (broad SMARTS) is 1. The van der Waals surface area contributed by atoms with Crippen molar-refractivity contribution in [2.75, 3.05) is 6.54 Å². The number of carbonyl (C=O) groups excluding carboxylic acids is 2. The minimum absolute atomic E-state index is 0.0694. The van der Waals surface area contributed by atoms with E-state index in [0.29, 0.717) is 38.3 Å². The number of unbranched alkanes of at least 4 members (excludes halogenated alkanes) is 1. The molecule has 2 amide bonds. The smallest absolute Gasteiger partial charge is 0.303 e. The van der Waals surface area contributed by atoms with Gasteiger partial charge < -0.3 is 15.3 Å². The highest BCUT2D eigenvalue weighted by atomic mass is 16.4. The second-order valence-corrected chi connectivity index (χ2v) is 5.35. The average molecular weight is 268 g/mol. The van der Waals surface area contributed by atoms with Crippen LogP contribution in [-0.4, -0.2) is 46.4 Å². The molecule has 2 aliphatic rings. The molecule has 6 nitrogen and oxygen atoms in total. The van der Waals surface area contributed by atoms with Gasteiger partial charge in [0, 0.05) is 31.8 Å². The number of carboxylic acids is 1. The molecule has 1 aliphatic carbocycles. The fourth-order valence-corrected chi connectivity index (χ4v) is 2.43. The van der Waals surface area contributed by atoms with Crippen LogP contribution in [0.2, 0.25) is 0 Å². The minimum atomic E-state index is -0.832. The van der Waals surface area contributed by atoms with Gasteiger partial charge >= 0.3 is 5.97 Å². The van der Waals surface area contributed by atoms with E-state index in [4.69, 9.17) is 5.11 Å². The largest absolute Gasteiger partial charge is 0.481 e. The van der Waals surface area contributed by atoms with Gasteiger partial charge in [-0.05, 0) is 25.7 Å². The van der Waals surface area contributed by atoms with E-state index in [1.165, 1.54) is 0 Å². The zero-order valence-electron chi connectivity index (χ0n) is 10.9. The van der Waals surface area contributed by atoms with Crippen LogP contribution in [0.4, 0.5) is 0 Å². The predicted octanol–water partition coefficient (Wildman–Crippen LogP) is 0.511. The van der Waals surface area contributed by atoms with Crippen molar-refractivity contribution in [2.24, 2.45) is 0 Å². The van der Waals surface area contributed by atoms with Crippen molar-refractivity contribution >= 4 is 17.8 Å². The number of amides is 2. The molecule has 1 saturated heterocycles. The van der Waals surface area contributed by atoms with E-state index in [2.05, 4.69) is 5.32 Å². The number of nitrogens with one attached hydrogen (secondary N) is 1. The first-order valence-electron chi connectivity index (χ1n) is 6.87. The fraction of sp³-hybridized carbons (Fsp3) is 0.769. The van der Waals surface area contributed by atoms with Crippen LogP contribution in [-0.2, 0) is 14.4 Å². The third kappa shape index (κ3) is 4.22. The van der Waals surface area contributed by atoms with Gasteiger partial charge in [0.2, 0.25) is 11.8 Å². The molecule has 1 saturated carbocycles. The molecule has 2 fully saturated rings. The predicted molar refractivity (Wildman–Crippen MR) is 67.4 cm³/mol. The summed E-state index contributed by atoms with van der Waals surface area (Å²) in [7, 11) is 0. The Kier molecular flexibility index (Phi) is 4.39. The third-order valence-corrected chi connectivity index (χ3v) is 3.56. The summed E-state index contributed by atoms with van der Waals surface area (Å²) in [5.74, 6) is -0.776. The molecule has 6 heteroatoms. The lowest BCUT2D eigenvalue weighted by Crippen LogP contribution is -2.37. The van der Waals surface area contributed by atoms with Gasteiger partial charge in [-0.25, -0.2) is 0 Å². The van der Waals surface area contributed by atoms with E-state index in [-0.39, 0.29) is 24.3 Å². The van der Waals surface area contributed by atoms with Crippen LogP contribution in [0, 0.1) is 0 Å². The summed E-state index contributed by atoms with van der Waals surface area (Å²) in [4.78, 5) is 35.5. The van der Waals surface area contributed by atoms with Gasteiger partial charge in [0.1, 0.15) is 0 Å². The Morgan fingerprint density at radius 3 is 2.58 bits per heavy atom. The zero-order valence-corrected chi connectivity index (χ0v) is 10.9. The van der Waals surface area contributed by atoms with Crippen LogP contribution < -0.4 is 5.32 Å². The standard InChI is InChI=1S/C13H20N2O4/c16-11(3-1-2-4-13(18)19)14-9-7-12(17)15(8-9)10-5-6-10/h9-10H,1-8H2,(H,14,16)(H,18,19). The van der Waals surface area contributed by atoms with Crippen LogP contribution >= 0.6 is 0 Å². The molecule has 106 valence electrons. The van der Waals surface area contributed by atoms with E-state index in [9.17, 15) is 14.4 Å². The first-order chi connectivity index (χ1) is 9.06. The van der Waals surface area contributed by atoms with Crippen molar-refractivity contribution in [3.63, 3.8) is 0 Å². The van der Waals surface area contributed by atoms with Crippen LogP contribution in [0.15, 0.2) is 0 Å². The minimum Gasteiger partial charge on any atom is -0.481 e. The Hall–Kier alpha value is -1.59. The topological polar surface area (TPSA) is 86.7 Å². The molecule has 0 spiro atoms. The molecule has 1 aliphatic heterocycles. The Morgan fingerprint density at radius 2 is 1.95 bits per heavy atom. The van der Waals surface area contributed by atoms with Gasteiger partial charge in [0.15, 0.2) is 0 Å². The maximum absolute atomic E-state index is 11.7. The summed E-state index contributed by atoms with van der Waals surface area (Å²) in [6.07, 6.45) is 4.10. The molecular weight excluding hydrogens is 248 g/mol. The highest BCUT2D eigenvalue weighted by molar-refractivity contribution is 5.82. The molecule has 0 aromatic rings. The Bertz CT molecular complexity index is 379. The van der Waals surface area contributed by atoms with Crippen molar-refractivity contribution in [1.29, 1.82) is 0 Å². The second-order valence-electron chi connectivity index (χ2n) is 5.35. The number of carbonyl (C=O) groups is 3. The number of likely N-dealkylation sites (tertiary alicyclic amines) is 1. The number of hydrogen-bond acceptors (Lipinski definition) is 3. The van der Waals surface area contributed by atoms with Crippen LogP contribution in [0.25, 0.3) is 0 Å². The van der Waals surface area contributed by atoms with Crippen molar-refractivity contribution in [1.82, 2.24) is 10.2 Å². The van der Waals surface area contributed by atoms with Gasteiger partial charge in [-0.2, -0.15) is 0 Å². The SMILES string of the molecule is O=C(O)CCCCC(=O)NC1CC(=O)N(C2CC2)C1. The normalized spacial score (nSPS) is 22.6. The Morgan fingerprint density at radius 1 is 1.26 bits per heavy atom. The van der Waals surface area contributed by atoms with Crippen LogP contribution in [0.1, 0.15) is 44.9 Å². The lowest BCUT2D eigenvalue weighted by atomic mass is 10.1. The van der Waals surface area contributed by atoms with E-state index in [0.717, 1.165) is 12.8 Å². The summed E-state index contributed by atoms with van der Waals surface area (Å²) in [6, 6.07) is 0.338. The molecule has 19 heavy (non-hydrogen) atoms. The number of aliphatic carboxylic acids is 1. The van der Waals surface area contributed by atoms with Gasteiger partial charge in [0.05, 0.1) is 6.04 Å². The third-order valence-electron chi connectivity index (χ3n) is 3.56. The molecule has 2 rings (SSSR count). The summed E-state index contributed by atoms with van der Waals surface area (Å²) >= 11 is 0. The van der Waals surface area contributed by atoms with E-state index >= 15 is 0 Å². The average Bonchev–Trinajstić information content (AvgIpc) is 3.10. The first kappa shape index (κ1) is 13.8.